The Morgan fingerprint density at radius 3 is 2.37 bits per heavy atom. The van der Waals surface area contributed by atoms with Crippen molar-refractivity contribution in [3.05, 3.63) is 63.7 Å². The molecule has 0 heterocycles. The van der Waals surface area contributed by atoms with Crippen LogP contribution in [0.1, 0.15) is 36.8 Å². The number of carbonyl (C=O) groups is 2. The van der Waals surface area contributed by atoms with E-state index in [0.29, 0.717) is 12.1 Å². The first-order valence-corrected chi connectivity index (χ1v) is 9.83. The highest BCUT2D eigenvalue weighted by atomic mass is 16.6. The summed E-state index contributed by atoms with van der Waals surface area (Å²) in [5.74, 6) is -0.982. The molecule has 3 rings (SSSR count). The average molecular weight is 411 g/mol. The van der Waals surface area contributed by atoms with Crippen molar-refractivity contribution in [2.45, 2.75) is 38.0 Å². The van der Waals surface area contributed by atoms with E-state index in [1.54, 1.807) is 20.1 Å². The molecular formula is C22H25N3O5. The van der Waals surface area contributed by atoms with Gasteiger partial charge in [0.1, 0.15) is 11.4 Å². The molecule has 2 aromatic rings. The summed E-state index contributed by atoms with van der Waals surface area (Å²) in [6.07, 6.45) is 3.91. The Bertz CT molecular complexity index is 950. The third kappa shape index (κ3) is 4.59. The van der Waals surface area contributed by atoms with Gasteiger partial charge in [0.15, 0.2) is 0 Å². The predicted molar refractivity (Wildman–Crippen MR) is 113 cm³/mol. The van der Waals surface area contributed by atoms with Gasteiger partial charge < -0.3 is 15.4 Å². The normalized spacial score (nSPS) is 14.7. The smallest absolute Gasteiger partial charge is 0.313 e. The van der Waals surface area contributed by atoms with E-state index in [1.165, 1.54) is 12.1 Å². The van der Waals surface area contributed by atoms with Gasteiger partial charge in [-0.05, 0) is 49.1 Å². The third-order valence-electron chi connectivity index (χ3n) is 5.65. The van der Waals surface area contributed by atoms with E-state index in [2.05, 4.69) is 10.6 Å². The lowest BCUT2D eigenvalue weighted by Crippen LogP contribution is -2.43. The number of hydrogen-bond donors (Lipinski definition) is 2. The third-order valence-corrected chi connectivity index (χ3v) is 5.65. The van der Waals surface area contributed by atoms with Crippen LogP contribution in [0.3, 0.4) is 0 Å². The molecule has 8 heteroatoms. The first kappa shape index (κ1) is 21.3. The number of aryl methyl sites for hydroxylation is 1. The van der Waals surface area contributed by atoms with Gasteiger partial charge in [-0.15, -0.1) is 0 Å². The Balaban J connectivity index is 1.69. The van der Waals surface area contributed by atoms with Gasteiger partial charge in [0, 0.05) is 18.0 Å². The molecule has 0 radical (unpaired) electrons. The maximum absolute atomic E-state index is 12.4. The van der Waals surface area contributed by atoms with Crippen LogP contribution in [-0.2, 0) is 15.0 Å². The second kappa shape index (κ2) is 8.94. The number of rotatable bonds is 6. The molecule has 0 bridgehead atoms. The number of benzene rings is 2. The maximum atomic E-state index is 12.4. The van der Waals surface area contributed by atoms with E-state index in [9.17, 15) is 19.7 Å². The summed E-state index contributed by atoms with van der Waals surface area (Å²) in [6, 6.07) is 12.2. The second-order valence-electron chi connectivity index (χ2n) is 7.63. The number of ether oxygens (including phenoxy) is 1. The van der Waals surface area contributed by atoms with E-state index < -0.39 is 16.7 Å². The van der Waals surface area contributed by atoms with Crippen LogP contribution in [0.4, 0.5) is 11.4 Å². The Hall–Kier alpha value is -3.42. The van der Waals surface area contributed by atoms with Gasteiger partial charge in [-0.3, -0.25) is 19.7 Å². The number of nitro groups is 1. The SMILES string of the molecule is COc1ccc(C2(CNC(=O)C(=O)Nc3ccc(C)cc3[N+](=O)[O-])CCCC2)cc1. The van der Waals surface area contributed by atoms with Gasteiger partial charge >= 0.3 is 11.8 Å². The molecule has 2 aromatic carbocycles. The fourth-order valence-electron chi connectivity index (χ4n) is 3.97. The number of nitro benzene ring substituents is 1. The fraction of sp³-hybridized carbons (Fsp3) is 0.364. The van der Waals surface area contributed by atoms with Crippen molar-refractivity contribution in [2.24, 2.45) is 0 Å². The summed E-state index contributed by atoms with van der Waals surface area (Å²) in [6.45, 7) is 2.03. The minimum absolute atomic E-state index is 0.00326. The summed E-state index contributed by atoms with van der Waals surface area (Å²) < 4.78 is 5.21. The number of nitrogens with zero attached hydrogens (tertiary/aromatic N) is 1. The minimum Gasteiger partial charge on any atom is -0.497 e. The van der Waals surface area contributed by atoms with Crippen molar-refractivity contribution in [3.8, 4) is 5.75 Å². The van der Waals surface area contributed by atoms with Crippen molar-refractivity contribution in [3.63, 3.8) is 0 Å². The summed E-state index contributed by atoms with van der Waals surface area (Å²) in [7, 11) is 1.61. The topological polar surface area (TPSA) is 111 Å². The molecule has 8 nitrogen and oxygen atoms in total. The Kier molecular flexibility index (Phi) is 6.34. The van der Waals surface area contributed by atoms with Crippen molar-refractivity contribution >= 4 is 23.2 Å². The lowest BCUT2D eigenvalue weighted by molar-refractivity contribution is -0.384. The Labute approximate surface area is 174 Å². The number of nitrogens with one attached hydrogen (secondary N) is 2. The summed E-state index contributed by atoms with van der Waals surface area (Å²) in [5.41, 5.74) is 1.29. The van der Waals surface area contributed by atoms with Gasteiger partial charge in [-0.2, -0.15) is 0 Å². The number of hydrogen-bond acceptors (Lipinski definition) is 5. The quantitative estimate of drug-likeness (QED) is 0.430. The zero-order valence-electron chi connectivity index (χ0n) is 17.1. The molecule has 0 aliphatic heterocycles. The summed E-state index contributed by atoms with van der Waals surface area (Å²) >= 11 is 0. The molecule has 1 saturated carbocycles. The molecule has 0 unspecified atom stereocenters. The molecule has 0 saturated heterocycles. The number of methoxy groups -OCH3 is 1. The molecule has 1 fully saturated rings. The molecule has 1 aliphatic rings. The van der Waals surface area contributed by atoms with Crippen molar-refractivity contribution in [1.82, 2.24) is 5.32 Å². The van der Waals surface area contributed by atoms with Gasteiger partial charge in [-0.25, -0.2) is 0 Å². The Morgan fingerprint density at radius 2 is 1.77 bits per heavy atom. The van der Waals surface area contributed by atoms with Crippen LogP contribution >= 0.6 is 0 Å². The van der Waals surface area contributed by atoms with Crippen molar-refractivity contribution in [1.29, 1.82) is 0 Å². The van der Waals surface area contributed by atoms with Gasteiger partial charge in [0.05, 0.1) is 12.0 Å². The second-order valence-corrected chi connectivity index (χ2v) is 7.63. The van der Waals surface area contributed by atoms with E-state index >= 15 is 0 Å². The molecule has 158 valence electrons. The van der Waals surface area contributed by atoms with Crippen LogP contribution in [0.15, 0.2) is 42.5 Å². The average Bonchev–Trinajstić information content (AvgIpc) is 3.23. The highest BCUT2D eigenvalue weighted by Crippen LogP contribution is 2.41. The standard InChI is InChI=1S/C22H25N3O5/c1-15-5-10-18(19(13-15)25(28)29)24-21(27)20(26)23-14-22(11-3-4-12-22)16-6-8-17(30-2)9-7-16/h5-10,13H,3-4,11-12,14H2,1-2H3,(H,23,26)(H,24,27). The minimum atomic E-state index is -0.926. The predicted octanol–water partition coefficient (Wildman–Crippen LogP) is 3.48. The molecular weight excluding hydrogens is 386 g/mol. The first-order chi connectivity index (χ1) is 14.3. The molecule has 2 amide bonds. The molecule has 0 spiro atoms. The summed E-state index contributed by atoms with van der Waals surface area (Å²) in [4.78, 5) is 35.4. The highest BCUT2D eigenvalue weighted by molar-refractivity contribution is 6.39. The summed E-state index contributed by atoms with van der Waals surface area (Å²) in [5, 5.41) is 16.3. The lowest BCUT2D eigenvalue weighted by Gasteiger charge is -2.30. The lowest BCUT2D eigenvalue weighted by atomic mass is 9.78. The van der Waals surface area contributed by atoms with Crippen molar-refractivity contribution in [2.75, 3.05) is 19.0 Å². The van der Waals surface area contributed by atoms with Crippen LogP contribution in [-0.4, -0.2) is 30.4 Å². The van der Waals surface area contributed by atoms with Crippen LogP contribution in [0.25, 0.3) is 0 Å². The number of anilines is 1. The molecule has 0 atom stereocenters. The fourth-order valence-corrected chi connectivity index (χ4v) is 3.97. The molecule has 1 aliphatic carbocycles. The van der Waals surface area contributed by atoms with E-state index in [-0.39, 0.29) is 16.8 Å². The van der Waals surface area contributed by atoms with Crippen LogP contribution in [0.2, 0.25) is 0 Å². The van der Waals surface area contributed by atoms with Gasteiger partial charge in [0.25, 0.3) is 5.69 Å². The van der Waals surface area contributed by atoms with Crippen LogP contribution in [0.5, 0.6) is 5.75 Å². The zero-order valence-corrected chi connectivity index (χ0v) is 17.1. The molecule has 2 N–H and O–H groups in total. The van der Waals surface area contributed by atoms with E-state index in [1.807, 2.05) is 24.3 Å². The highest BCUT2D eigenvalue weighted by Gasteiger charge is 2.36. The number of carbonyl (C=O) groups excluding carboxylic acids is 2. The largest absolute Gasteiger partial charge is 0.497 e. The molecule has 0 aromatic heterocycles. The van der Waals surface area contributed by atoms with Crippen LogP contribution < -0.4 is 15.4 Å². The first-order valence-electron chi connectivity index (χ1n) is 9.83. The maximum Gasteiger partial charge on any atom is 0.313 e. The monoisotopic (exact) mass is 411 g/mol. The van der Waals surface area contributed by atoms with Crippen LogP contribution in [0, 0.1) is 17.0 Å². The van der Waals surface area contributed by atoms with E-state index in [4.69, 9.17) is 4.74 Å². The Morgan fingerprint density at radius 1 is 1.10 bits per heavy atom. The zero-order chi connectivity index (χ0) is 21.7. The van der Waals surface area contributed by atoms with E-state index in [0.717, 1.165) is 37.0 Å². The molecule has 30 heavy (non-hydrogen) atoms. The van der Waals surface area contributed by atoms with Gasteiger partial charge in [-0.1, -0.05) is 31.0 Å². The number of amides is 2. The van der Waals surface area contributed by atoms with Gasteiger partial charge in [0.2, 0.25) is 0 Å². The van der Waals surface area contributed by atoms with Crippen molar-refractivity contribution < 1.29 is 19.2 Å².